The number of piperidine rings is 1. The SMILES string of the molecule is CC(C)N1CCN(C(=O)c2cc(CN3CCC(O)CC3)on2)CC1C. The number of piperazine rings is 1. The van der Waals surface area contributed by atoms with E-state index in [1.165, 1.54) is 0 Å². The van der Waals surface area contributed by atoms with Crippen molar-refractivity contribution in [2.75, 3.05) is 32.7 Å². The highest BCUT2D eigenvalue weighted by molar-refractivity contribution is 5.92. The normalized spacial score (nSPS) is 24.2. The molecule has 0 saturated carbocycles. The summed E-state index contributed by atoms with van der Waals surface area (Å²) in [7, 11) is 0. The fraction of sp³-hybridized carbons (Fsp3) is 0.778. The molecular formula is C18H30N4O3. The van der Waals surface area contributed by atoms with E-state index in [2.05, 4.69) is 35.7 Å². The van der Waals surface area contributed by atoms with E-state index in [-0.39, 0.29) is 12.0 Å². The maximum Gasteiger partial charge on any atom is 0.276 e. The van der Waals surface area contributed by atoms with Crippen LogP contribution in [0, 0.1) is 0 Å². The Morgan fingerprint density at radius 3 is 2.68 bits per heavy atom. The third-order valence-electron chi connectivity index (χ3n) is 5.34. The number of likely N-dealkylation sites (tertiary alicyclic amines) is 1. The van der Waals surface area contributed by atoms with Crippen LogP contribution in [-0.4, -0.2) is 81.8 Å². The van der Waals surface area contributed by atoms with Gasteiger partial charge in [0.1, 0.15) is 0 Å². The largest absolute Gasteiger partial charge is 0.393 e. The number of aliphatic hydroxyl groups is 1. The summed E-state index contributed by atoms with van der Waals surface area (Å²) in [4.78, 5) is 19.2. The number of hydrogen-bond donors (Lipinski definition) is 1. The molecule has 1 atom stereocenters. The molecule has 140 valence electrons. The smallest absolute Gasteiger partial charge is 0.276 e. The van der Waals surface area contributed by atoms with Crippen molar-refractivity contribution in [3.63, 3.8) is 0 Å². The number of hydrogen-bond acceptors (Lipinski definition) is 6. The number of aromatic nitrogens is 1. The molecule has 2 saturated heterocycles. The maximum atomic E-state index is 12.7. The van der Waals surface area contributed by atoms with Gasteiger partial charge < -0.3 is 14.5 Å². The molecule has 2 fully saturated rings. The average Bonchev–Trinajstić information content (AvgIpc) is 3.04. The van der Waals surface area contributed by atoms with Gasteiger partial charge in [-0.25, -0.2) is 0 Å². The van der Waals surface area contributed by atoms with Gasteiger partial charge in [-0.1, -0.05) is 5.16 Å². The van der Waals surface area contributed by atoms with Crippen molar-refractivity contribution in [1.82, 2.24) is 19.9 Å². The minimum atomic E-state index is -0.186. The molecule has 0 aromatic carbocycles. The zero-order valence-corrected chi connectivity index (χ0v) is 15.5. The van der Waals surface area contributed by atoms with Crippen LogP contribution >= 0.6 is 0 Å². The van der Waals surface area contributed by atoms with Crippen LogP contribution in [0.3, 0.4) is 0 Å². The van der Waals surface area contributed by atoms with Crippen molar-refractivity contribution < 1.29 is 14.4 Å². The molecule has 1 aromatic heterocycles. The van der Waals surface area contributed by atoms with Gasteiger partial charge in [-0.05, 0) is 33.6 Å². The molecule has 3 heterocycles. The lowest BCUT2D eigenvalue weighted by Crippen LogP contribution is -2.55. The van der Waals surface area contributed by atoms with E-state index >= 15 is 0 Å². The third-order valence-corrected chi connectivity index (χ3v) is 5.34. The molecule has 0 spiro atoms. The molecule has 1 unspecified atom stereocenters. The molecule has 0 aliphatic carbocycles. The van der Waals surface area contributed by atoms with Crippen molar-refractivity contribution in [2.24, 2.45) is 0 Å². The van der Waals surface area contributed by atoms with Gasteiger partial charge in [-0.15, -0.1) is 0 Å². The fourth-order valence-corrected chi connectivity index (χ4v) is 3.87. The Hall–Kier alpha value is -1.44. The van der Waals surface area contributed by atoms with Crippen molar-refractivity contribution in [3.8, 4) is 0 Å². The van der Waals surface area contributed by atoms with Crippen LogP contribution in [0.15, 0.2) is 10.6 Å². The molecule has 1 N–H and O–H groups in total. The number of nitrogens with zero attached hydrogens (tertiary/aromatic N) is 4. The molecule has 2 aliphatic rings. The number of carbonyl (C=O) groups is 1. The molecular weight excluding hydrogens is 320 g/mol. The predicted molar refractivity (Wildman–Crippen MR) is 94.2 cm³/mol. The van der Waals surface area contributed by atoms with Gasteiger partial charge in [0.25, 0.3) is 5.91 Å². The third kappa shape index (κ3) is 4.40. The van der Waals surface area contributed by atoms with Gasteiger partial charge in [0.05, 0.1) is 12.6 Å². The Morgan fingerprint density at radius 2 is 2.04 bits per heavy atom. The first-order chi connectivity index (χ1) is 11.9. The lowest BCUT2D eigenvalue weighted by atomic mass is 10.1. The molecule has 2 aliphatic heterocycles. The van der Waals surface area contributed by atoms with Crippen molar-refractivity contribution in [2.45, 2.75) is 58.3 Å². The fourth-order valence-electron chi connectivity index (χ4n) is 3.87. The van der Waals surface area contributed by atoms with E-state index in [1.807, 2.05) is 4.90 Å². The molecule has 0 radical (unpaired) electrons. The Bertz CT molecular complexity index is 581. The van der Waals surface area contributed by atoms with Gasteiger partial charge in [0, 0.05) is 50.9 Å². The highest BCUT2D eigenvalue weighted by atomic mass is 16.5. The Balaban J connectivity index is 1.56. The second-order valence-electron chi connectivity index (χ2n) is 7.62. The highest BCUT2D eigenvalue weighted by Crippen LogP contribution is 2.17. The summed E-state index contributed by atoms with van der Waals surface area (Å²) in [6, 6.07) is 2.62. The van der Waals surface area contributed by atoms with Crippen LogP contribution in [0.4, 0.5) is 0 Å². The number of rotatable bonds is 4. The van der Waals surface area contributed by atoms with Gasteiger partial charge in [0.15, 0.2) is 11.5 Å². The Labute approximate surface area is 149 Å². The predicted octanol–water partition coefficient (Wildman–Crippen LogP) is 1.19. The number of carbonyl (C=O) groups excluding carboxylic acids is 1. The van der Waals surface area contributed by atoms with Crippen LogP contribution in [0.2, 0.25) is 0 Å². The minimum Gasteiger partial charge on any atom is -0.393 e. The van der Waals surface area contributed by atoms with Crippen LogP contribution in [0.5, 0.6) is 0 Å². The van der Waals surface area contributed by atoms with Crippen LogP contribution in [0.1, 0.15) is 49.9 Å². The zero-order valence-electron chi connectivity index (χ0n) is 15.5. The van der Waals surface area contributed by atoms with Gasteiger partial charge in [-0.3, -0.25) is 14.6 Å². The molecule has 25 heavy (non-hydrogen) atoms. The van der Waals surface area contributed by atoms with Gasteiger partial charge in [0.2, 0.25) is 0 Å². The number of aliphatic hydroxyl groups excluding tert-OH is 1. The topological polar surface area (TPSA) is 73.0 Å². The summed E-state index contributed by atoms with van der Waals surface area (Å²) in [6.07, 6.45) is 1.39. The van der Waals surface area contributed by atoms with Gasteiger partial charge >= 0.3 is 0 Å². The summed E-state index contributed by atoms with van der Waals surface area (Å²) in [5.74, 6) is 0.674. The monoisotopic (exact) mass is 350 g/mol. The summed E-state index contributed by atoms with van der Waals surface area (Å²) >= 11 is 0. The standard InChI is InChI=1S/C18H30N4O3/c1-13(2)22-9-8-21(11-14(22)3)18(24)17-10-16(25-19-17)12-20-6-4-15(23)5-7-20/h10,13-15,23H,4-9,11-12H2,1-3H3. The van der Waals surface area contributed by atoms with Gasteiger partial charge in [-0.2, -0.15) is 0 Å². The van der Waals surface area contributed by atoms with Crippen LogP contribution < -0.4 is 0 Å². The second kappa shape index (κ2) is 7.85. The second-order valence-corrected chi connectivity index (χ2v) is 7.62. The van der Waals surface area contributed by atoms with Crippen molar-refractivity contribution in [1.29, 1.82) is 0 Å². The molecule has 1 aromatic rings. The van der Waals surface area contributed by atoms with E-state index in [0.717, 1.165) is 45.6 Å². The van der Waals surface area contributed by atoms with Crippen molar-refractivity contribution >= 4 is 5.91 Å². The highest BCUT2D eigenvalue weighted by Gasteiger charge is 2.30. The first kappa shape index (κ1) is 18.4. The van der Waals surface area contributed by atoms with Crippen molar-refractivity contribution in [3.05, 3.63) is 17.5 Å². The maximum absolute atomic E-state index is 12.7. The van der Waals surface area contributed by atoms with Crippen LogP contribution in [0.25, 0.3) is 0 Å². The lowest BCUT2D eigenvalue weighted by Gasteiger charge is -2.41. The quantitative estimate of drug-likeness (QED) is 0.879. The molecule has 3 rings (SSSR count). The summed E-state index contributed by atoms with van der Waals surface area (Å²) in [5.41, 5.74) is 0.400. The van der Waals surface area contributed by atoms with E-state index in [0.29, 0.717) is 30.1 Å². The summed E-state index contributed by atoms with van der Waals surface area (Å²) in [5, 5.41) is 13.6. The van der Waals surface area contributed by atoms with E-state index in [4.69, 9.17) is 4.52 Å². The van der Waals surface area contributed by atoms with E-state index in [1.54, 1.807) is 6.07 Å². The lowest BCUT2D eigenvalue weighted by molar-refractivity contribution is 0.0418. The molecule has 7 heteroatoms. The first-order valence-corrected chi connectivity index (χ1v) is 9.35. The number of amides is 1. The molecule has 0 bridgehead atoms. The summed E-state index contributed by atoms with van der Waals surface area (Å²) < 4.78 is 5.38. The minimum absolute atomic E-state index is 0.0423. The molecule has 1 amide bonds. The average molecular weight is 350 g/mol. The van der Waals surface area contributed by atoms with Crippen LogP contribution in [-0.2, 0) is 6.54 Å². The summed E-state index contributed by atoms with van der Waals surface area (Å²) in [6.45, 7) is 11.2. The Kier molecular flexibility index (Phi) is 5.76. The molecule has 7 nitrogen and oxygen atoms in total. The first-order valence-electron chi connectivity index (χ1n) is 9.35. The Morgan fingerprint density at radius 1 is 1.32 bits per heavy atom. The van der Waals surface area contributed by atoms with E-state index < -0.39 is 0 Å². The zero-order chi connectivity index (χ0) is 18.0. The van der Waals surface area contributed by atoms with E-state index in [9.17, 15) is 9.90 Å².